The van der Waals surface area contributed by atoms with Crippen LogP contribution in [0.4, 0.5) is 0 Å². The molecule has 1 atom stereocenters. The zero-order chi connectivity index (χ0) is 10.3. The number of hydrogen-bond donors (Lipinski definition) is 0. The lowest BCUT2D eigenvalue weighted by molar-refractivity contribution is -0.133. The van der Waals surface area contributed by atoms with Gasteiger partial charge in [0.05, 0.1) is 12.7 Å². The van der Waals surface area contributed by atoms with Gasteiger partial charge >= 0.3 is 0 Å². The van der Waals surface area contributed by atoms with E-state index in [1.54, 1.807) is 18.9 Å². The molecule has 4 nitrogen and oxygen atoms in total. The van der Waals surface area contributed by atoms with Crippen molar-refractivity contribution in [1.29, 1.82) is 5.26 Å². The fourth-order valence-corrected chi connectivity index (χ4v) is 0.955. The standard InChI is InChI=1S/C9H16N2O2/c1-4-11(5-6-13-3)9(12)8(2)7-10/h8H,4-6H2,1-3H3. The predicted octanol–water partition coefficient (Wildman–Crippen LogP) is 0.641. The van der Waals surface area contributed by atoms with E-state index in [1.165, 1.54) is 0 Å². The molecule has 1 unspecified atom stereocenters. The first-order chi connectivity index (χ1) is 6.17. The molecule has 0 fully saturated rings. The Labute approximate surface area is 79.1 Å². The van der Waals surface area contributed by atoms with Crippen molar-refractivity contribution in [3.05, 3.63) is 0 Å². The summed E-state index contributed by atoms with van der Waals surface area (Å²) < 4.78 is 4.86. The fraction of sp³-hybridized carbons (Fsp3) is 0.778. The second-order valence-corrected chi connectivity index (χ2v) is 2.76. The highest BCUT2D eigenvalue weighted by Gasteiger charge is 2.17. The van der Waals surface area contributed by atoms with E-state index in [9.17, 15) is 4.79 Å². The molecule has 0 rings (SSSR count). The van der Waals surface area contributed by atoms with Gasteiger partial charge in [-0.05, 0) is 13.8 Å². The average Bonchev–Trinajstić information content (AvgIpc) is 2.17. The van der Waals surface area contributed by atoms with Gasteiger partial charge in [0.25, 0.3) is 0 Å². The van der Waals surface area contributed by atoms with Crippen LogP contribution in [-0.4, -0.2) is 37.6 Å². The molecule has 0 radical (unpaired) electrons. The lowest BCUT2D eigenvalue weighted by Crippen LogP contribution is -2.36. The van der Waals surface area contributed by atoms with Gasteiger partial charge in [0.2, 0.25) is 5.91 Å². The van der Waals surface area contributed by atoms with Gasteiger partial charge in [0, 0.05) is 20.2 Å². The highest BCUT2D eigenvalue weighted by Crippen LogP contribution is 2.00. The molecule has 0 saturated heterocycles. The Morgan fingerprint density at radius 1 is 1.69 bits per heavy atom. The summed E-state index contributed by atoms with van der Waals surface area (Å²) in [7, 11) is 1.59. The number of nitrogens with zero attached hydrogens (tertiary/aromatic N) is 2. The van der Waals surface area contributed by atoms with Crippen LogP contribution in [0.25, 0.3) is 0 Å². The Bertz CT molecular complexity index is 198. The summed E-state index contributed by atoms with van der Waals surface area (Å²) in [5.74, 6) is -0.682. The summed E-state index contributed by atoms with van der Waals surface area (Å²) in [6.07, 6.45) is 0. The molecular weight excluding hydrogens is 168 g/mol. The van der Waals surface area contributed by atoms with Gasteiger partial charge in [-0.1, -0.05) is 0 Å². The first-order valence-electron chi connectivity index (χ1n) is 4.34. The Hall–Kier alpha value is -1.08. The number of ether oxygens (including phenoxy) is 1. The van der Waals surface area contributed by atoms with E-state index >= 15 is 0 Å². The van der Waals surface area contributed by atoms with Crippen molar-refractivity contribution in [2.75, 3.05) is 26.8 Å². The zero-order valence-electron chi connectivity index (χ0n) is 8.41. The quantitative estimate of drug-likeness (QED) is 0.630. The molecule has 74 valence electrons. The molecule has 0 aromatic heterocycles. The van der Waals surface area contributed by atoms with Gasteiger partial charge in [0.1, 0.15) is 5.92 Å². The fourth-order valence-electron chi connectivity index (χ4n) is 0.955. The molecule has 0 aliphatic heterocycles. The lowest BCUT2D eigenvalue weighted by atomic mass is 10.2. The molecular formula is C9H16N2O2. The van der Waals surface area contributed by atoms with Crippen molar-refractivity contribution in [2.45, 2.75) is 13.8 Å². The first kappa shape index (κ1) is 11.9. The summed E-state index contributed by atoms with van der Waals surface area (Å²) in [6.45, 7) is 5.18. The molecule has 1 amide bonds. The number of carbonyl (C=O) groups excluding carboxylic acids is 1. The number of likely N-dealkylation sites (N-methyl/N-ethyl adjacent to an activating group) is 1. The second kappa shape index (κ2) is 6.44. The number of carbonyl (C=O) groups is 1. The van der Waals surface area contributed by atoms with Gasteiger partial charge in [-0.15, -0.1) is 0 Å². The van der Waals surface area contributed by atoms with Crippen molar-refractivity contribution < 1.29 is 9.53 Å². The largest absolute Gasteiger partial charge is 0.383 e. The van der Waals surface area contributed by atoms with Crippen LogP contribution >= 0.6 is 0 Å². The van der Waals surface area contributed by atoms with Gasteiger partial charge < -0.3 is 9.64 Å². The van der Waals surface area contributed by atoms with E-state index in [0.29, 0.717) is 19.7 Å². The van der Waals surface area contributed by atoms with Gasteiger partial charge in [-0.2, -0.15) is 5.26 Å². The summed E-state index contributed by atoms with van der Waals surface area (Å²) in [5, 5.41) is 8.55. The third-order valence-electron chi connectivity index (χ3n) is 1.82. The van der Waals surface area contributed by atoms with Crippen molar-refractivity contribution in [2.24, 2.45) is 5.92 Å². The molecule has 13 heavy (non-hydrogen) atoms. The monoisotopic (exact) mass is 184 g/mol. The first-order valence-corrected chi connectivity index (χ1v) is 4.34. The Kier molecular flexibility index (Phi) is 5.90. The number of hydrogen-bond acceptors (Lipinski definition) is 3. The van der Waals surface area contributed by atoms with Gasteiger partial charge in [-0.3, -0.25) is 4.79 Å². The summed E-state index contributed by atoms with van der Waals surface area (Å²) in [4.78, 5) is 13.1. The van der Waals surface area contributed by atoms with Crippen molar-refractivity contribution >= 4 is 5.91 Å². The molecule has 0 aliphatic rings. The van der Waals surface area contributed by atoms with Crippen molar-refractivity contribution in [1.82, 2.24) is 4.90 Å². The van der Waals surface area contributed by atoms with Crippen LogP contribution in [0.5, 0.6) is 0 Å². The molecule has 0 bridgehead atoms. The van der Waals surface area contributed by atoms with Crippen LogP contribution in [0.1, 0.15) is 13.8 Å². The minimum Gasteiger partial charge on any atom is -0.383 e. The van der Waals surface area contributed by atoms with Crippen molar-refractivity contribution in [3.63, 3.8) is 0 Å². The maximum absolute atomic E-state index is 11.5. The molecule has 0 aromatic carbocycles. The number of amides is 1. The third kappa shape index (κ3) is 3.90. The Morgan fingerprint density at radius 2 is 2.31 bits per heavy atom. The normalized spacial score (nSPS) is 11.8. The maximum Gasteiger partial charge on any atom is 0.239 e. The summed E-state index contributed by atoms with van der Waals surface area (Å²) >= 11 is 0. The molecule has 4 heteroatoms. The van der Waals surface area contributed by atoms with Gasteiger partial charge in [0.15, 0.2) is 0 Å². The van der Waals surface area contributed by atoms with Crippen LogP contribution in [0.15, 0.2) is 0 Å². The zero-order valence-corrected chi connectivity index (χ0v) is 8.41. The Morgan fingerprint density at radius 3 is 2.69 bits per heavy atom. The SMILES string of the molecule is CCN(CCOC)C(=O)C(C)C#N. The average molecular weight is 184 g/mol. The van der Waals surface area contributed by atoms with Crippen LogP contribution in [0.2, 0.25) is 0 Å². The number of methoxy groups -OCH3 is 1. The molecule has 0 aromatic rings. The topological polar surface area (TPSA) is 53.3 Å². The predicted molar refractivity (Wildman–Crippen MR) is 48.9 cm³/mol. The lowest BCUT2D eigenvalue weighted by Gasteiger charge is -2.21. The minimum absolute atomic E-state index is 0.123. The molecule has 0 N–H and O–H groups in total. The maximum atomic E-state index is 11.5. The second-order valence-electron chi connectivity index (χ2n) is 2.76. The van der Waals surface area contributed by atoms with E-state index in [0.717, 1.165) is 0 Å². The van der Waals surface area contributed by atoms with Gasteiger partial charge in [-0.25, -0.2) is 0 Å². The molecule has 0 spiro atoms. The third-order valence-corrected chi connectivity index (χ3v) is 1.82. The Balaban J connectivity index is 4.08. The molecule has 0 saturated carbocycles. The highest BCUT2D eigenvalue weighted by molar-refractivity contribution is 5.80. The van der Waals surface area contributed by atoms with E-state index in [-0.39, 0.29) is 5.91 Å². The van der Waals surface area contributed by atoms with Crippen LogP contribution < -0.4 is 0 Å². The summed E-state index contributed by atoms with van der Waals surface area (Å²) in [6, 6.07) is 1.92. The molecule has 0 aliphatic carbocycles. The van der Waals surface area contributed by atoms with Crippen LogP contribution in [0, 0.1) is 17.2 Å². The van der Waals surface area contributed by atoms with Crippen molar-refractivity contribution in [3.8, 4) is 6.07 Å². The van der Waals surface area contributed by atoms with E-state index in [1.807, 2.05) is 13.0 Å². The number of nitriles is 1. The summed E-state index contributed by atoms with van der Waals surface area (Å²) in [5.41, 5.74) is 0. The van der Waals surface area contributed by atoms with E-state index < -0.39 is 5.92 Å². The van der Waals surface area contributed by atoms with E-state index in [4.69, 9.17) is 10.00 Å². The number of rotatable bonds is 5. The minimum atomic E-state index is -0.559. The highest BCUT2D eigenvalue weighted by atomic mass is 16.5. The van der Waals surface area contributed by atoms with E-state index in [2.05, 4.69) is 0 Å². The smallest absolute Gasteiger partial charge is 0.239 e. The van der Waals surface area contributed by atoms with Crippen LogP contribution in [-0.2, 0) is 9.53 Å². The molecule has 0 heterocycles. The van der Waals surface area contributed by atoms with Crippen LogP contribution in [0.3, 0.4) is 0 Å².